The number of para-hydroxylation sites is 1. The molecule has 0 bridgehead atoms. The molecule has 2 aromatic carbocycles. The molecule has 0 aliphatic carbocycles. The highest BCUT2D eigenvalue weighted by Gasteiger charge is 2.18. The Kier molecular flexibility index (Phi) is 9.25. The van der Waals surface area contributed by atoms with Crippen molar-refractivity contribution in [2.24, 2.45) is 0 Å². The van der Waals surface area contributed by atoms with Crippen molar-refractivity contribution < 1.29 is 14.3 Å². The molecule has 7 heteroatoms. The molecule has 1 saturated heterocycles. The Balaban J connectivity index is 1.40. The monoisotopic (exact) mass is 498 g/mol. The van der Waals surface area contributed by atoms with Gasteiger partial charge in [-0.25, -0.2) is 4.98 Å². The van der Waals surface area contributed by atoms with E-state index in [1.807, 2.05) is 67.6 Å². The Labute approximate surface area is 218 Å². The summed E-state index contributed by atoms with van der Waals surface area (Å²) >= 11 is 0. The minimum atomic E-state index is -0.404. The zero-order chi connectivity index (χ0) is 26.0. The van der Waals surface area contributed by atoms with Crippen LogP contribution in [0.4, 0.5) is 0 Å². The molecule has 0 spiro atoms. The quantitative estimate of drug-likeness (QED) is 0.319. The van der Waals surface area contributed by atoms with Crippen molar-refractivity contribution in [3.63, 3.8) is 0 Å². The molecule has 3 aromatic rings. The summed E-state index contributed by atoms with van der Waals surface area (Å²) in [4.78, 5) is 20.0. The lowest BCUT2D eigenvalue weighted by atomic mass is 10.0. The fraction of sp³-hybridized carbons (Fsp3) is 0.367. The molecule has 4 rings (SSSR count). The number of nitrogens with zero attached hydrogens (tertiary/aromatic N) is 3. The summed E-state index contributed by atoms with van der Waals surface area (Å²) in [6.07, 6.45) is 3.20. The zero-order valence-corrected chi connectivity index (χ0v) is 21.6. The van der Waals surface area contributed by atoms with E-state index in [0.717, 1.165) is 73.5 Å². The van der Waals surface area contributed by atoms with Crippen LogP contribution in [0.3, 0.4) is 0 Å². The predicted molar refractivity (Wildman–Crippen MR) is 145 cm³/mol. The lowest BCUT2D eigenvalue weighted by molar-refractivity contribution is -0.117. The van der Waals surface area contributed by atoms with Crippen molar-refractivity contribution in [3.05, 3.63) is 77.0 Å². The fourth-order valence-corrected chi connectivity index (χ4v) is 4.45. The van der Waals surface area contributed by atoms with Crippen LogP contribution < -0.4 is 10.1 Å². The highest BCUT2D eigenvalue weighted by molar-refractivity contribution is 6.02. The number of pyridine rings is 1. The van der Waals surface area contributed by atoms with Gasteiger partial charge in [0.15, 0.2) is 0 Å². The smallest absolute Gasteiger partial charge is 0.262 e. The molecule has 1 N–H and O–H groups in total. The van der Waals surface area contributed by atoms with Crippen LogP contribution in [0.1, 0.15) is 42.6 Å². The number of morpholine rings is 1. The lowest BCUT2D eigenvalue weighted by Crippen LogP contribution is -2.38. The van der Waals surface area contributed by atoms with E-state index in [2.05, 4.69) is 22.1 Å². The molecule has 2 heterocycles. The van der Waals surface area contributed by atoms with Crippen molar-refractivity contribution in [1.29, 1.82) is 5.26 Å². The number of hydrogen-bond acceptors (Lipinski definition) is 6. The van der Waals surface area contributed by atoms with E-state index in [-0.39, 0.29) is 11.6 Å². The molecule has 1 aliphatic rings. The molecule has 1 amide bonds. The number of aryl methyl sites for hydroxylation is 1. The average molecular weight is 499 g/mol. The van der Waals surface area contributed by atoms with Gasteiger partial charge in [-0.1, -0.05) is 49.7 Å². The zero-order valence-electron chi connectivity index (χ0n) is 21.6. The Morgan fingerprint density at radius 2 is 1.97 bits per heavy atom. The van der Waals surface area contributed by atoms with Crippen LogP contribution in [0.15, 0.2) is 60.2 Å². The first-order valence-electron chi connectivity index (χ1n) is 12.9. The van der Waals surface area contributed by atoms with E-state index in [1.54, 1.807) is 6.08 Å². The molecule has 1 atom stereocenters. The second-order valence-electron chi connectivity index (χ2n) is 9.24. The third-order valence-electron chi connectivity index (χ3n) is 6.55. The molecule has 37 heavy (non-hydrogen) atoms. The van der Waals surface area contributed by atoms with Crippen LogP contribution in [0.5, 0.6) is 5.75 Å². The lowest BCUT2D eigenvalue weighted by Gasteiger charge is -2.26. The van der Waals surface area contributed by atoms with Crippen molar-refractivity contribution in [1.82, 2.24) is 15.2 Å². The Morgan fingerprint density at radius 1 is 1.19 bits per heavy atom. The average Bonchev–Trinajstić information content (AvgIpc) is 2.93. The van der Waals surface area contributed by atoms with Gasteiger partial charge in [-0.15, -0.1) is 0 Å². The maximum Gasteiger partial charge on any atom is 0.262 e. The second-order valence-corrected chi connectivity index (χ2v) is 9.24. The number of benzene rings is 2. The molecule has 1 unspecified atom stereocenters. The van der Waals surface area contributed by atoms with Crippen molar-refractivity contribution >= 4 is 22.9 Å². The van der Waals surface area contributed by atoms with Gasteiger partial charge in [-0.05, 0) is 48.7 Å². The van der Waals surface area contributed by atoms with E-state index >= 15 is 0 Å². The minimum Gasteiger partial charge on any atom is -0.492 e. The van der Waals surface area contributed by atoms with Gasteiger partial charge >= 0.3 is 0 Å². The minimum absolute atomic E-state index is 0.0320. The van der Waals surface area contributed by atoms with E-state index in [0.29, 0.717) is 12.3 Å². The number of carbonyl (C=O) groups is 1. The van der Waals surface area contributed by atoms with Crippen LogP contribution in [0.2, 0.25) is 0 Å². The maximum atomic E-state index is 13.1. The summed E-state index contributed by atoms with van der Waals surface area (Å²) < 4.78 is 11.3. The normalized spacial score (nSPS) is 15.2. The maximum absolute atomic E-state index is 13.1. The van der Waals surface area contributed by atoms with Gasteiger partial charge in [0.2, 0.25) is 0 Å². The van der Waals surface area contributed by atoms with Crippen LogP contribution >= 0.6 is 0 Å². The van der Waals surface area contributed by atoms with E-state index in [9.17, 15) is 10.1 Å². The molecule has 1 aromatic heterocycles. The van der Waals surface area contributed by atoms with Crippen molar-refractivity contribution in [2.45, 2.75) is 32.7 Å². The summed E-state index contributed by atoms with van der Waals surface area (Å²) in [6, 6.07) is 19.4. The highest BCUT2D eigenvalue weighted by atomic mass is 16.5. The SMILES string of the molecule is CCCC(NC(=O)/C(C#N)=C/c1ccc2cccc(C)c2n1)c1ccc(OCCN2CCOCC2)cc1. The van der Waals surface area contributed by atoms with E-state index in [4.69, 9.17) is 9.47 Å². The number of nitriles is 1. The summed E-state index contributed by atoms with van der Waals surface area (Å²) in [6.45, 7) is 9.00. The fourth-order valence-electron chi connectivity index (χ4n) is 4.45. The topological polar surface area (TPSA) is 87.5 Å². The van der Waals surface area contributed by atoms with Crippen LogP contribution in [0.25, 0.3) is 17.0 Å². The summed E-state index contributed by atoms with van der Waals surface area (Å²) in [7, 11) is 0. The highest BCUT2D eigenvalue weighted by Crippen LogP contribution is 2.23. The van der Waals surface area contributed by atoms with Gasteiger partial charge in [-0.2, -0.15) is 5.26 Å². The summed E-state index contributed by atoms with van der Waals surface area (Å²) in [5.74, 6) is 0.396. The van der Waals surface area contributed by atoms with Gasteiger partial charge in [0.1, 0.15) is 24.0 Å². The van der Waals surface area contributed by atoms with Crippen LogP contribution in [-0.2, 0) is 9.53 Å². The molecule has 192 valence electrons. The Morgan fingerprint density at radius 3 is 2.70 bits per heavy atom. The number of ether oxygens (including phenoxy) is 2. The van der Waals surface area contributed by atoms with Crippen LogP contribution in [0, 0.1) is 18.3 Å². The summed E-state index contributed by atoms with van der Waals surface area (Å²) in [5.41, 5.74) is 3.51. The summed E-state index contributed by atoms with van der Waals surface area (Å²) in [5, 5.41) is 13.8. The first-order valence-corrected chi connectivity index (χ1v) is 12.9. The van der Waals surface area contributed by atoms with E-state index < -0.39 is 5.91 Å². The first kappa shape index (κ1) is 26.3. The molecular weight excluding hydrogens is 464 g/mol. The molecule has 1 fully saturated rings. The number of hydrogen-bond donors (Lipinski definition) is 1. The number of rotatable bonds is 10. The van der Waals surface area contributed by atoms with E-state index in [1.165, 1.54) is 0 Å². The number of aromatic nitrogens is 1. The second kappa shape index (κ2) is 13.0. The van der Waals surface area contributed by atoms with Gasteiger partial charge in [-0.3, -0.25) is 9.69 Å². The van der Waals surface area contributed by atoms with Crippen molar-refractivity contribution in [3.8, 4) is 11.8 Å². The molecule has 7 nitrogen and oxygen atoms in total. The van der Waals surface area contributed by atoms with Crippen molar-refractivity contribution in [2.75, 3.05) is 39.5 Å². The third-order valence-corrected chi connectivity index (χ3v) is 6.55. The Bertz CT molecular complexity index is 1270. The molecule has 1 aliphatic heterocycles. The number of carbonyl (C=O) groups excluding carboxylic acids is 1. The molecule has 0 radical (unpaired) electrons. The predicted octanol–water partition coefficient (Wildman–Crippen LogP) is 4.82. The van der Waals surface area contributed by atoms with Gasteiger partial charge < -0.3 is 14.8 Å². The number of amides is 1. The largest absolute Gasteiger partial charge is 0.492 e. The standard InChI is InChI=1S/C30H34N4O3/c1-3-5-28(23-9-12-27(13-10-23)37-19-16-34-14-17-36-18-15-34)33-30(35)25(21-31)20-26-11-8-24-7-4-6-22(2)29(24)32-26/h4,6-13,20,28H,3,5,14-19H2,1-2H3,(H,33,35)/b25-20+. The molecule has 0 saturated carbocycles. The first-order chi connectivity index (χ1) is 18.1. The molecular formula is C30H34N4O3. The van der Waals surface area contributed by atoms with Gasteiger partial charge in [0.25, 0.3) is 5.91 Å². The van der Waals surface area contributed by atoms with Crippen LogP contribution in [-0.4, -0.2) is 55.2 Å². The number of fused-ring (bicyclic) bond motifs is 1. The number of nitrogens with one attached hydrogen (secondary N) is 1. The third kappa shape index (κ3) is 7.16. The van der Waals surface area contributed by atoms with Gasteiger partial charge in [0.05, 0.1) is 30.5 Å². The Hall–Kier alpha value is -3.73. The van der Waals surface area contributed by atoms with Gasteiger partial charge in [0, 0.05) is 25.0 Å².